The molecule has 1 aromatic rings. The fourth-order valence-electron chi connectivity index (χ4n) is 4.34. The lowest BCUT2D eigenvalue weighted by Crippen LogP contribution is -2.41. The van der Waals surface area contributed by atoms with Crippen molar-refractivity contribution >= 4 is 29.9 Å². The van der Waals surface area contributed by atoms with Crippen LogP contribution in [0.5, 0.6) is 5.75 Å². The summed E-state index contributed by atoms with van der Waals surface area (Å²) in [7, 11) is 3.64. The van der Waals surface area contributed by atoms with Gasteiger partial charge in [0.2, 0.25) is 0 Å². The quantitative estimate of drug-likeness (QED) is 0.420. The number of rotatable bonds is 4. The molecule has 1 aliphatic carbocycles. The number of ether oxygens (including phenoxy) is 1. The zero-order valence-corrected chi connectivity index (χ0v) is 18.0. The van der Waals surface area contributed by atoms with E-state index in [1.54, 1.807) is 7.11 Å². The molecule has 1 saturated carbocycles. The highest BCUT2D eigenvalue weighted by molar-refractivity contribution is 14.0. The van der Waals surface area contributed by atoms with Crippen LogP contribution in [0.3, 0.4) is 0 Å². The maximum Gasteiger partial charge on any atom is 0.193 e. The number of para-hydroxylation sites is 1. The Morgan fingerprint density at radius 1 is 1.24 bits per heavy atom. The third-order valence-corrected chi connectivity index (χ3v) is 5.72. The molecule has 1 saturated heterocycles. The van der Waals surface area contributed by atoms with Gasteiger partial charge >= 0.3 is 0 Å². The number of methoxy groups -OCH3 is 1. The summed E-state index contributed by atoms with van der Waals surface area (Å²) < 4.78 is 5.50. The van der Waals surface area contributed by atoms with Crippen molar-refractivity contribution < 1.29 is 4.74 Å². The molecule has 0 spiro atoms. The number of guanidine groups is 1. The topological polar surface area (TPSA) is 36.9 Å². The maximum atomic E-state index is 5.50. The van der Waals surface area contributed by atoms with Crippen LogP contribution in [0.4, 0.5) is 0 Å². The van der Waals surface area contributed by atoms with Gasteiger partial charge < -0.3 is 15.0 Å². The Labute approximate surface area is 169 Å². The number of hydrogen-bond donors (Lipinski definition) is 1. The van der Waals surface area contributed by atoms with Gasteiger partial charge in [-0.15, -0.1) is 24.0 Å². The molecule has 1 aromatic carbocycles. The predicted molar refractivity (Wildman–Crippen MR) is 115 cm³/mol. The van der Waals surface area contributed by atoms with Crippen LogP contribution < -0.4 is 10.1 Å². The molecule has 2 aliphatic rings. The van der Waals surface area contributed by atoms with Crippen molar-refractivity contribution in [2.75, 3.05) is 33.8 Å². The number of aliphatic imine (C=N–C) groups is 1. The largest absolute Gasteiger partial charge is 0.496 e. The highest BCUT2D eigenvalue weighted by Crippen LogP contribution is 2.36. The van der Waals surface area contributed by atoms with Crippen LogP contribution in [-0.4, -0.2) is 44.7 Å². The van der Waals surface area contributed by atoms with Crippen LogP contribution in [0.1, 0.15) is 44.1 Å². The zero-order chi connectivity index (χ0) is 16.9. The Hall–Kier alpha value is -0.980. The maximum absolute atomic E-state index is 5.50. The van der Waals surface area contributed by atoms with E-state index in [0.717, 1.165) is 30.1 Å². The smallest absolute Gasteiger partial charge is 0.193 e. The molecule has 3 atom stereocenters. The highest BCUT2D eigenvalue weighted by Gasteiger charge is 2.35. The van der Waals surface area contributed by atoms with Crippen LogP contribution in [0.15, 0.2) is 29.3 Å². The minimum atomic E-state index is 0. The average molecular weight is 457 g/mol. The van der Waals surface area contributed by atoms with E-state index in [9.17, 15) is 0 Å². The molecule has 2 fully saturated rings. The first-order chi connectivity index (χ1) is 11.7. The lowest BCUT2D eigenvalue weighted by Gasteiger charge is -2.24. The molecule has 5 heteroatoms. The number of fused-ring (bicyclic) bond motifs is 1. The average Bonchev–Trinajstić information content (AvgIpc) is 3.05. The molecule has 140 valence electrons. The fourth-order valence-corrected chi connectivity index (χ4v) is 4.34. The standard InChI is InChI=1S/C20H31N3O.HI/c1-15(18-10-6-7-11-19(18)24-3)12-22-20(21-2)23-13-16-8-4-5-9-17(16)14-23;/h6-7,10-11,15-17H,4-5,8-9,12-14H2,1-3H3,(H,21,22);1H. The monoisotopic (exact) mass is 457 g/mol. The van der Waals surface area contributed by atoms with E-state index in [0.29, 0.717) is 5.92 Å². The first kappa shape index (κ1) is 20.3. The van der Waals surface area contributed by atoms with Gasteiger partial charge in [-0.05, 0) is 36.3 Å². The summed E-state index contributed by atoms with van der Waals surface area (Å²) in [6, 6.07) is 8.28. The molecular weight excluding hydrogens is 425 g/mol. The molecule has 3 unspecified atom stereocenters. The summed E-state index contributed by atoms with van der Waals surface area (Å²) in [6.45, 7) is 5.46. The third-order valence-electron chi connectivity index (χ3n) is 5.72. The molecule has 3 rings (SSSR count). The van der Waals surface area contributed by atoms with Crippen LogP contribution in [-0.2, 0) is 0 Å². The lowest BCUT2D eigenvalue weighted by atomic mass is 9.82. The van der Waals surface area contributed by atoms with Gasteiger partial charge in [0.05, 0.1) is 7.11 Å². The molecule has 25 heavy (non-hydrogen) atoms. The van der Waals surface area contributed by atoms with E-state index in [2.05, 4.69) is 34.3 Å². The van der Waals surface area contributed by atoms with E-state index >= 15 is 0 Å². The van der Waals surface area contributed by atoms with Crippen molar-refractivity contribution in [3.8, 4) is 5.75 Å². The second-order valence-corrected chi connectivity index (χ2v) is 7.28. The first-order valence-corrected chi connectivity index (χ1v) is 9.31. The molecule has 1 N–H and O–H groups in total. The molecule has 0 bridgehead atoms. The summed E-state index contributed by atoms with van der Waals surface area (Å²) in [5.74, 6) is 4.16. The highest BCUT2D eigenvalue weighted by atomic mass is 127. The van der Waals surface area contributed by atoms with E-state index < -0.39 is 0 Å². The van der Waals surface area contributed by atoms with Crippen LogP contribution in [0.25, 0.3) is 0 Å². The second kappa shape index (κ2) is 9.64. The van der Waals surface area contributed by atoms with Gasteiger partial charge in [0.1, 0.15) is 5.75 Å². The molecular formula is C20H32IN3O. The van der Waals surface area contributed by atoms with E-state index in [1.165, 1.54) is 44.3 Å². The minimum Gasteiger partial charge on any atom is -0.496 e. The Morgan fingerprint density at radius 2 is 1.88 bits per heavy atom. The van der Waals surface area contributed by atoms with Crippen molar-refractivity contribution in [1.29, 1.82) is 0 Å². The van der Waals surface area contributed by atoms with Gasteiger partial charge in [-0.2, -0.15) is 0 Å². The van der Waals surface area contributed by atoms with Crippen molar-refractivity contribution in [3.05, 3.63) is 29.8 Å². The molecule has 1 aliphatic heterocycles. The molecule has 4 nitrogen and oxygen atoms in total. The van der Waals surface area contributed by atoms with Gasteiger partial charge in [-0.25, -0.2) is 0 Å². The Kier molecular flexibility index (Phi) is 7.84. The van der Waals surface area contributed by atoms with E-state index in [1.807, 2.05) is 19.2 Å². The molecule has 1 heterocycles. The number of likely N-dealkylation sites (tertiary alicyclic amines) is 1. The molecule has 0 radical (unpaired) electrons. The molecule has 0 aromatic heterocycles. The lowest BCUT2D eigenvalue weighted by molar-refractivity contribution is 0.299. The van der Waals surface area contributed by atoms with Crippen molar-refractivity contribution in [2.24, 2.45) is 16.8 Å². The Morgan fingerprint density at radius 3 is 2.48 bits per heavy atom. The zero-order valence-electron chi connectivity index (χ0n) is 15.7. The number of nitrogens with zero attached hydrogens (tertiary/aromatic N) is 2. The van der Waals surface area contributed by atoms with Crippen molar-refractivity contribution in [2.45, 2.75) is 38.5 Å². The van der Waals surface area contributed by atoms with Crippen molar-refractivity contribution in [1.82, 2.24) is 10.2 Å². The van der Waals surface area contributed by atoms with Crippen LogP contribution in [0, 0.1) is 11.8 Å². The summed E-state index contributed by atoms with van der Waals surface area (Å²) in [6.07, 6.45) is 5.61. The number of benzene rings is 1. The fraction of sp³-hybridized carbons (Fsp3) is 0.650. The van der Waals surface area contributed by atoms with Gasteiger partial charge in [0.15, 0.2) is 5.96 Å². The molecule has 0 amide bonds. The van der Waals surface area contributed by atoms with Crippen LogP contribution >= 0.6 is 24.0 Å². The Bertz CT molecular complexity index is 564. The van der Waals surface area contributed by atoms with Gasteiger partial charge in [0, 0.05) is 32.6 Å². The Balaban J connectivity index is 0.00000225. The summed E-state index contributed by atoms with van der Waals surface area (Å²) in [5.41, 5.74) is 1.25. The van der Waals surface area contributed by atoms with E-state index in [4.69, 9.17) is 4.74 Å². The third kappa shape index (κ3) is 4.80. The number of nitrogens with one attached hydrogen (secondary N) is 1. The second-order valence-electron chi connectivity index (χ2n) is 7.28. The minimum absolute atomic E-state index is 0. The van der Waals surface area contributed by atoms with Crippen LogP contribution in [0.2, 0.25) is 0 Å². The first-order valence-electron chi connectivity index (χ1n) is 9.31. The van der Waals surface area contributed by atoms with Gasteiger partial charge in [-0.1, -0.05) is 38.0 Å². The summed E-state index contributed by atoms with van der Waals surface area (Å²) in [5, 5.41) is 3.59. The SMILES string of the molecule is CN=C(NCC(C)c1ccccc1OC)N1CC2CCCCC2C1.I. The predicted octanol–water partition coefficient (Wildman–Crippen LogP) is 4.11. The summed E-state index contributed by atoms with van der Waals surface area (Å²) >= 11 is 0. The van der Waals surface area contributed by atoms with E-state index in [-0.39, 0.29) is 24.0 Å². The van der Waals surface area contributed by atoms with Crippen molar-refractivity contribution in [3.63, 3.8) is 0 Å². The number of hydrogen-bond acceptors (Lipinski definition) is 2. The summed E-state index contributed by atoms with van der Waals surface area (Å²) in [4.78, 5) is 7.00. The van der Waals surface area contributed by atoms with Gasteiger partial charge in [0.25, 0.3) is 0 Å². The normalized spacial score (nSPS) is 24.3. The van der Waals surface area contributed by atoms with Gasteiger partial charge in [-0.3, -0.25) is 4.99 Å². The number of halogens is 1.